The molecule has 3 aromatic carbocycles. The molecule has 154 valence electrons. The van der Waals surface area contributed by atoms with Crippen molar-refractivity contribution in [3.05, 3.63) is 92.4 Å². The molecular formula is C23H20Br2N2O3. The van der Waals surface area contributed by atoms with Crippen LogP contribution in [0.3, 0.4) is 0 Å². The van der Waals surface area contributed by atoms with E-state index >= 15 is 0 Å². The Morgan fingerprint density at radius 1 is 1.03 bits per heavy atom. The summed E-state index contributed by atoms with van der Waals surface area (Å²) < 4.78 is 13.2. The van der Waals surface area contributed by atoms with Gasteiger partial charge in [0.05, 0.1) is 18.4 Å². The predicted octanol–water partition coefficient (Wildman–Crippen LogP) is 5.95. The molecule has 0 saturated heterocycles. The van der Waals surface area contributed by atoms with E-state index in [9.17, 15) is 4.79 Å². The van der Waals surface area contributed by atoms with Crippen LogP contribution >= 0.6 is 31.9 Å². The number of nitrogens with one attached hydrogen (secondary N) is 1. The highest BCUT2D eigenvalue weighted by molar-refractivity contribution is 9.10. The number of rotatable bonds is 8. The highest BCUT2D eigenvalue weighted by Crippen LogP contribution is 2.23. The first-order valence-corrected chi connectivity index (χ1v) is 10.9. The molecule has 0 bridgehead atoms. The van der Waals surface area contributed by atoms with Gasteiger partial charge in [0.1, 0.15) is 18.1 Å². The number of para-hydroxylation sites is 1. The van der Waals surface area contributed by atoms with Gasteiger partial charge < -0.3 is 9.47 Å². The third kappa shape index (κ3) is 6.18. The van der Waals surface area contributed by atoms with Crippen molar-refractivity contribution in [3.63, 3.8) is 0 Å². The van der Waals surface area contributed by atoms with E-state index in [1.54, 1.807) is 24.4 Å². The van der Waals surface area contributed by atoms with E-state index in [4.69, 9.17) is 9.47 Å². The molecule has 3 aromatic rings. The third-order valence-electron chi connectivity index (χ3n) is 4.06. The number of hydrogen-bond acceptors (Lipinski definition) is 4. The second kappa shape index (κ2) is 10.9. The van der Waals surface area contributed by atoms with Crippen LogP contribution in [0.25, 0.3) is 0 Å². The Hall–Kier alpha value is -2.64. The van der Waals surface area contributed by atoms with Gasteiger partial charge >= 0.3 is 0 Å². The van der Waals surface area contributed by atoms with E-state index in [-0.39, 0.29) is 5.91 Å². The number of ether oxygens (including phenoxy) is 2. The van der Waals surface area contributed by atoms with Gasteiger partial charge in [-0.1, -0.05) is 56.1 Å². The van der Waals surface area contributed by atoms with Crippen LogP contribution in [-0.4, -0.2) is 18.7 Å². The number of hydrazone groups is 1. The van der Waals surface area contributed by atoms with Crippen molar-refractivity contribution in [2.75, 3.05) is 6.61 Å². The van der Waals surface area contributed by atoms with E-state index in [1.165, 1.54) is 0 Å². The van der Waals surface area contributed by atoms with Crippen molar-refractivity contribution in [2.45, 2.75) is 13.5 Å². The topological polar surface area (TPSA) is 59.9 Å². The fourth-order valence-corrected chi connectivity index (χ4v) is 3.46. The molecule has 0 unspecified atom stereocenters. The first-order valence-electron chi connectivity index (χ1n) is 9.29. The van der Waals surface area contributed by atoms with Crippen LogP contribution in [0.4, 0.5) is 0 Å². The lowest BCUT2D eigenvalue weighted by Crippen LogP contribution is -2.18. The molecule has 7 heteroatoms. The van der Waals surface area contributed by atoms with Crippen molar-refractivity contribution in [2.24, 2.45) is 5.10 Å². The predicted molar refractivity (Wildman–Crippen MR) is 125 cm³/mol. The minimum absolute atomic E-state index is 0.339. The molecule has 1 amide bonds. The highest BCUT2D eigenvalue weighted by atomic mass is 79.9. The van der Waals surface area contributed by atoms with Crippen LogP contribution in [0, 0.1) is 0 Å². The fourth-order valence-electron chi connectivity index (χ4n) is 2.66. The summed E-state index contributed by atoms with van der Waals surface area (Å²) in [5, 5.41) is 4.08. The van der Waals surface area contributed by atoms with Crippen LogP contribution in [-0.2, 0) is 6.61 Å². The van der Waals surface area contributed by atoms with E-state index in [2.05, 4.69) is 42.4 Å². The number of carbonyl (C=O) groups excluding carboxylic acids is 1. The fraction of sp³-hybridized carbons (Fsp3) is 0.130. The van der Waals surface area contributed by atoms with Gasteiger partial charge in [-0.05, 0) is 55.0 Å². The van der Waals surface area contributed by atoms with Gasteiger partial charge in [0.25, 0.3) is 5.91 Å². The smallest absolute Gasteiger partial charge is 0.275 e. The van der Waals surface area contributed by atoms with Crippen LogP contribution < -0.4 is 14.9 Å². The maximum atomic E-state index is 12.4. The van der Waals surface area contributed by atoms with E-state index in [0.717, 1.165) is 20.1 Å². The molecule has 0 aliphatic rings. The molecule has 1 N–H and O–H groups in total. The molecular weight excluding hydrogens is 512 g/mol. The van der Waals surface area contributed by atoms with E-state index in [1.807, 2.05) is 55.5 Å². The molecule has 0 aromatic heterocycles. The normalized spacial score (nSPS) is 10.8. The van der Waals surface area contributed by atoms with Gasteiger partial charge in [0.2, 0.25) is 0 Å². The van der Waals surface area contributed by atoms with Crippen LogP contribution in [0.5, 0.6) is 11.5 Å². The molecule has 5 nitrogen and oxygen atoms in total. The van der Waals surface area contributed by atoms with Crippen molar-refractivity contribution in [1.29, 1.82) is 0 Å². The lowest BCUT2D eigenvalue weighted by atomic mass is 10.2. The lowest BCUT2D eigenvalue weighted by Gasteiger charge is -2.09. The minimum Gasteiger partial charge on any atom is -0.493 e. The average molecular weight is 532 g/mol. The molecule has 0 atom stereocenters. The summed E-state index contributed by atoms with van der Waals surface area (Å²) in [5.41, 5.74) is 4.81. The Morgan fingerprint density at radius 2 is 1.87 bits per heavy atom. The van der Waals surface area contributed by atoms with Crippen molar-refractivity contribution < 1.29 is 14.3 Å². The van der Waals surface area contributed by atoms with Gasteiger partial charge in [-0.2, -0.15) is 5.10 Å². The summed E-state index contributed by atoms with van der Waals surface area (Å²) in [6.45, 7) is 2.80. The summed E-state index contributed by atoms with van der Waals surface area (Å²) in [4.78, 5) is 12.4. The summed E-state index contributed by atoms with van der Waals surface area (Å²) in [6.07, 6.45) is 1.57. The van der Waals surface area contributed by atoms with Gasteiger partial charge in [0, 0.05) is 14.5 Å². The van der Waals surface area contributed by atoms with E-state index in [0.29, 0.717) is 30.3 Å². The maximum Gasteiger partial charge on any atom is 0.275 e. The summed E-state index contributed by atoms with van der Waals surface area (Å²) in [5.74, 6) is 0.887. The SMILES string of the molecule is CCOc1ccccc1C(=O)NN=Cc1cc(OCc2cccc(Br)c2)ccc1Br. The van der Waals surface area contributed by atoms with Crippen molar-refractivity contribution in [1.82, 2.24) is 5.43 Å². The number of carbonyl (C=O) groups is 1. The van der Waals surface area contributed by atoms with Gasteiger partial charge in [-0.15, -0.1) is 0 Å². The van der Waals surface area contributed by atoms with E-state index < -0.39 is 0 Å². The number of amides is 1. The maximum absolute atomic E-state index is 12.4. The first kappa shape index (κ1) is 22.1. The third-order valence-corrected chi connectivity index (χ3v) is 5.28. The van der Waals surface area contributed by atoms with Crippen molar-refractivity contribution in [3.8, 4) is 11.5 Å². The molecule has 30 heavy (non-hydrogen) atoms. The average Bonchev–Trinajstić information content (AvgIpc) is 2.74. The molecule has 0 spiro atoms. The molecule has 0 heterocycles. The number of nitrogens with zero attached hydrogens (tertiary/aromatic N) is 1. The zero-order valence-electron chi connectivity index (χ0n) is 16.3. The highest BCUT2D eigenvalue weighted by Gasteiger charge is 2.11. The van der Waals surface area contributed by atoms with Gasteiger partial charge in [0.15, 0.2) is 0 Å². The quantitative estimate of drug-likeness (QED) is 0.288. The number of benzene rings is 3. The Kier molecular flexibility index (Phi) is 8.04. The Bertz CT molecular complexity index is 1050. The Balaban J connectivity index is 1.65. The lowest BCUT2D eigenvalue weighted by molar-refractivity contribution is 0.0951. The van der Waals surface area contributed by atoms with Crippen LogP contribution in [0.15, 0.2) is 80.8 Å². The second-order valence-electron chi connectivity index (χ2n) is 6.23. The zero-order valence-corrected chi connectivity index (χ0v) is 19.4. The monoisotopic (exact) mass is 530 g/mol. The summed E-state index contributed by atoms with van der Waals surface area (Å²) in [6, 6.07) is 20.6. The molecule has 0 aliphatic heterocycles. The van der Waals surface area contributed by atoms with Gasteiger partial charge in [-0.3, -0.25) is 4.79 Å². The van der Waals surface area contributed by atoms with Crippen LogP contribution in [0.2, 0.25) is 0 Å². The standard InChI is InChI=1S/C23H20Br2N2O3/c1-2-29-22-9-4-3-8-20(22)23(28)27-26-14-17-13-19(10-11-21(17)25)30-15-16-6-5-7-18(24)12-16/h3-14H,2,15H2,1H3,(H,27,28). The molecule has 3 rings (SSSR count). The van der Waals surface area contributed by atoms with Crippen molar-refractivity contribution >= 4 is 44.0 Å². The largest absolute Gasteiger partial charge is 0.493 e. The molecule has 0 aliphatic carbocycles. The van der Waals surface area contributed by atoms with Gasteiger partial charge in [-0.25, -0.2) is 5.43 Å². The Labute approximate surface area is 192 Å². The summed E-state index contributed by atoms with van der Waals surface area (Å²) in [7, 11) is 0. The summed E-state index contributed by atoms with van der Waals surface area (Å²) >= 11 is 6.95. The first-order chi connectivity index (χ1) is 14.6. The molecule has 0 radical (unpaired) electrons. The van der Waals surface area contributed by atoms with Crippen LogP contribution in [0.1, 0.15) is 28.4 Å². The molecule has 0 saturated carbocycles. The number of hydrogen-bond donors (Lipinski definition) is 1. The zero-order chi connectivity index (χ0) is 21.3. The Morgan fingerprint density at radius 3 is 2.67 bits per heavy atom. The molecule has 0 fully saturated rings. The second-order valence-corrected chi connectivity index (χ2v) is 8.00. The minimum atomic E-state index is -0.339. The number of halogens is 2.